The van der Waals surface area contributed by atoms with Crippen LogP contribution in [0.3, 0.4) is 0 Å². The van der Waals surface area contributed by atoms with Crippen molar-refractivity contribution < 1.29 is 14.3 Å². The van der Waals surface area contributed by atoms with Gasteiger partial charge >= 0.3 is 6.03 Å². The summed E-state index contributed by atoms with van der Waals surface area (Å²) >= 11 is 0. The van der Waals surface area contributed by atoms with Gasteiger partial charge in [-0.2, -0.15) is 0 Å². The molecule has 1 aliphatic rings. The molecule has 5 heteroatoms. The van der Waals surface area contributed by atoms with E-state index in [1.165, 1.54) is 24.2 Å². The molecule has 1 aliphatic heterocycles. The number of ether oxygens (including phenoxy) is 1. The highest BCUT2D eigenvalue weighted by atomic mass is 16.5. The van der Waals surface area contributed by atoms with Gasteiger partial charge in [0.2, 0.25) is 0 Å². The van der Waals surface area contributed by atoms with Crippen LogP contribution in [0, 0.1) is 18.3 Å². The molecule has 1 heterocycles. The fourth-order valence-electron chi connectivity index (χ4n) is 1.94. The van der Waals surface area contributed by atoms with Crippen LogP contribution in [0.15, 0.2) is 12.3 Å². The SMILES string of the molecule is C#C[C@H]1CC(CC)OC1N(/C=C\C=O)C(=O)NC.CC.CC. The lowest BCUT2D eigenvalue weighted by Crippen LogP contribution is -2.44. The van der Waals surface area contributed by atoms with E-state index in [0.29, 0.717) is 6.29 Å². The Kier molecular flexibility index (Phi) is 14.5. The minimum atomic E-state index is -0.518. The van der Waals surface area contributed by atoms with E-state index in [-0.39, 0.29) is 18.1 Å². The Morgan fingerprint density at radius 2 is 2.00 bits per heavy atom. The highest BCUT2D eigenvalue weighted by Crippen LogP contribution is 2.30. The smallest absolute Gasteiger partial charge is 0.323 e. The Labute approximate surface area is 135 Å². The van der Waals surface area contributed by atoms with E-state index in [9.17, 15) is 9.59 Å². The predicted molar refractivity (Wildman–Crippen MR) is 90.1 cm³/mol. The molecule has 0 saturated carbocycles. The number of aldehydes is 1. The second-order valence-electron chi connectivity index (χ2n) is 4.01. The highest BCUT2D eigenvalue weighted by molar-refractivity contribution is 5.76. The van der Waals surface area contributed by atoms with Gasteiger partial charge in [-0.3, -0.25) is 9.69 Å². The zero-order valence-electron chi connectivity index (χ0n) is 14.6. The molecule has 126 valence electrons. The van der Waals surface area contributed by atoms with Crippen LogP contribution < -0.4 is 5.32 Å². The van der Waals surface area contributed by atoms with Crippen molar-refractivity contribution in [2.75, 3.05) is 7.05 Å². The third-order valence-electron chi connectivity index (χ3n) is 2.91. The van der Waals surface area contributed by atoms with E-state index < -0.39 is 6.23 Å². The number of hydrogen-bond donors (Lipinski definition) is 1. The summed E-state index contributed by atoms with van der Waals surface area (Å²) in [6.07, 6.45) is 9.80. The number of hydrogen-bond acceptors (Lipinski definition) is 3. The normalized spacial score (nSPS) is 22.5. The Morgan fingerprint density at radius 3 is 2.41 bits per heavy atom. The molecule has 1 rings (SSSR count). The lowest BCUT2D eigenvalue weighted by atomic mass is 10.0. The minimum absolute atomic E-state index is 0.0489. The monoisotopic (exact) mass is 310 g/mol. The molecule has 0 spiro atoms. The Balaban J connectivity index is 0. The maximum atomic E-state index is 11.8. The average Bonchev–Trinajstić information content (AvgIpc) is 3.01. The molecule has 22 heavy (non-hydrogen) atoms. The Bertz CT molecular complexity index is 375. The van der Waals surface area contributed by atoms with Crippen molar-refractivity contribution in [2.45, 2.75) is 59.8 Å². The first kappa shape index (κ1) is 22.5. The molecule has 5 nitrogen and oxygen atoms in total. The van der Waals surface area contributed by atoms with E-state index in [1.54, 1.807) is 0 Å². The van der Waals surface area contributed by atoms with Gasteiger partial charge in [-0.15, -0.1) is 6.42 Å². The maximum Gasteiger partial charge on any atom is 0.323 e. The third-order valence-corrected chi connectivity index (χ3v) is 2.91. The fourth-order valence-corrected chi connectivity index (χ4v) is 1.94. The number of carbonyl (C=O) groups excluding carboxylic acids is 2. The standard InChI is InChI=1S/C13H18N2O3.2C2H6/c1-4-10-9-11(5-2)18-12(10)15(7-6-8-16)13(17)14-3;2*1-2/h1,6-8,10-12H,5,9H2,2-3H3,(H,14,17);2*1-2H3/b7-6-;;/t10-,11?,12?;;/m0../s1. The Morgan fingerprint density at radius 1 is 1.41 bits per heavy atom. The van der Waals surface area contributed by atoms with Gasteiger partial charge in [0, 0.05) is 13.2 Å². The number of terminal acetylenes is 1. The molecule has 1 N–H and O–H groups in total. The van der Waals surface area contributed by atoms with Crippen molar-refractivity contribution in [3.63, 3.8) is 0 Å². The third kappa shape index (κ3) is 6.77. The van der Waals surface area contributed by atoms with Crippen LogP contribution >= 0.6 is 0 Å². The number of amides is 2. The van der Waals surface area contributed by atoms with Gasteiger partial charge in [0.1, 0.15) is 6.29 Å². The number of carbonyl (C=O) groups is 2. The summed E-state index contributed by atoms with van der Waals surface area (Å²) in [6.45, 7) is 10.0. The predicted octanol–water partition coefficient (Wildman–Crippen LogP) is 3.17. The van der Waals surface area contributed by atoms with Crippen molar-refractivity contribution in [1.29, 1.82) is 0 Å². The van der Waals surface area contributed by atoms with Gasteiger partial charge in [-0.1, -0.05) is 40.5 Å². The molecular formula is C17H30N2O3. The molecule has 0 radical (unpaired) electrons. The molecule has 2 unspecified atom stereocenters. The van der Waals surface area contributed by atoms with Crippen molar-refractivity contribution >= 4 is 12.3 Å². The number of nitrogens with zero attached hydrogens (tertiary/aromatic N) is 1. The molecule has 0 aromatic rings. The summed E-state index contributed by atoms with van der Waals surface area (Å²) in [5.74, 6) is 2.48. The molecule has 2 amide bonds. The summed E-state index contributed by atoms with van der Waals surface area (Å²) < 4.78 is 5.75. The molecule has 0 bridgehead atoms. The first-order valence-electron chi connectivity index (χ1n) is 7.91. The maximum absolute atomic E-state index is 11.8. The van der Waals surface area contributed by atoms with Crippen LogP contribution in [0.2, 0.25) is 0 Å². The molecule has 1 saturated heterocycles. The van der Waals surface area contributed by atoms with Crippen LogP contribution in [0.5, 0.6) is 0 Å². The fraction of sp³-hybridized carbons (Fsp3) is 0.647. The van der Waals surface area contributed by atoms with E-state index >= 15 is 0 Å². The number of rotatable bonds is 4. The number of nitrogens with one attached hydrogen (secondary N) is 1. The first-order valence-corrected chi connectivity index (χ1v) is 7.91. The largest absolute Gasteiger partial charge is 0.353 e. The van der Waals surface area contributed by atoms with Crippen LogP contribution in [0.1, 0.15) is 47.5 Å². The van der Waals surface area contributed by atoms with Crippen molar-refractivity contribution in [3.8, 4) is 12.3 Å². The minimum Gasteiger partial charge on any atom is -0.353 e. The second-order valence-corrected chi connectivity index (χ2v) is 4.01. The van der Waals surface area contributed by atoms with Gasteiger partial charge in [0.25, 0.3) is 0 Å². The van der Waals surface area contributed by atoms with Crippen molar-refractivity contribution in [2.24, 2.45) is 5.92 Å². The van der Waals surface area contributed by atoms with E-state index in [4.69, 9.17) is 11.2 Å². The van der Waals surface area contributed by atoms with Gasteiger partial charge < -0.3 is 10.1 Å². The zero-order valence-corrected chi connectivity index (χ0v) is 14.6. The molecule has 0 aromatic heterocycles. The number of urea groups is 1. The Hall–Kier alpha value is -1.80. The van der Waals surface area contributed by atoms with Crippen LogP contribution in [-0.4, -0.2) is 36.6 Å². The summed E-state index contributed by atoms with van der Waals surface area (Å²) in [5, 5.41) is 2.50. The topological polar surface area (TPSA) is 58.6 Å². The number of allylic oxidation sites excluding steroid dienone is 1. The van der Waals surface area contributed by atoms with Gasteiger partial charge in [-0.25, -0.2) is 4.79 Å². The molecule has 0 aromatic carbocycles. The molecular weight excluding hydrogens is 280 g/mol. The molecule has 0 aliphatic carbocycles. The molecule has 1 fully saturated rings. The molecule has 3 atom stereocenters. The van der Waals surface area contributed by atoms with Crippen molar-refractivity contribution in [1.82, 2.24) is 10.2 Å². The summed E-state index contributed by atoms with van der Waals surface area (Å²) in [4.78, 5) is 23.5. The lowest BCUT2D eigenvalue weighted by Gasteiger charge is -2.27. The van der Waals surface area contributed by atoms with E-state index in [2.05, 4.69) is 11.2 Å². The first-order chi connectivity index (χ1) is 10.7. The van der Waals surface area contributed by atoms with E-state index in [0.717, 1.165) is 12.8 Å². The average molecular weight is 310 g/mol. The van der Waals surface area contributed by atoms with Gasteiger partial charge in [0.05, 0.1) is 12.0 Å². The lowest BCUT2D eigenvalue weighted by molar-refractivity contribution is -0.104. The summed E-state index contributed by atoms with van der Waals surface area (Å²) in [5.41, 5.74) is 0. The van der Waals surface area contributed by atoms with E-state index in [1.807, 2.05) is 34.6 Å². The van der Waals surface area contributed by atoms with Crippen molar-refractivity contribution in [3.05, 3.63) is 12.3 Å². The van der Waals surface area contributed by atoms with Crippen LogP contribution in [0.25, 0.3) is 0 Å². The zero-order chi connectivity index (χ0) is 17.5. The van der Waals surface area contributed by atoms with Gasteiger partial charge in [0.15, 0.2) is 6.23 Å². The summed E-state index contributed by atoms with van der Waals surface area (Å²) in [7, 11) is 1.52. The van der Waals surface area contributed by atoms with Crippen LogP contribution in [-0.2, 0) is 9.53 Å². The second kappa shape index (κ2) is 14.2. The summed E-state index contributed by atoms with van der Waals surface area (Å²) in [6, 6.07) is -0.352. The quantitative estimate of drug-likeness (QED) is 0.493. The highest BCUT2D eigenvalue weighted by Gasteiger charge is 2.38. The van der Waals surface area contributed by atoms with Gasteiger partial charge in [-0.05, 0) is 18.9 Å². The van der Waals surface area contributed by atoms with Crippen LogP contribution in [0.4, 0.5) is 4.79 Å².